The Balaban J connectivity index is 1.52. The average Bonchev–Trinajstić information content (AvgIpc) is 3.44. The maximum atomic E-state index is 13.2. The number of primary amides is 1. The summed E-state index contributed by atoms with van der Waals surface area (Å²) in [6.45, 7) is 2.18. The molecule has 1 atom stereocenters. The van der Waals surface area contributed by atoms with Crippen LogP contribution >= 0.6 is 11.3 Å². The molecule has 0 radical (unpaired) electrons. The van der Waals surface area contributed by atoms with Gasteiger partial charge in [0.15, 0.2) is 5.13 Å². The van der Waals surface area contributed by atoms with Gasteiger partial charge >= 0.3 is 0 Å². The summed E-state index contributed by atoms with van der Waals surface area (Å²) in [6.07, 6.45) is 3.51. The quantitative estimate of drug-likeness (QED) is 0.505. The average molecular weight is 474 g/mol. The smallest absolute Gasteiger partial charge is 0.265 e. The van der Waals surface area contributed by atoms with Crippen LogP contribution in [0.3, 0.4) is 0 Å². The SMILES string of the molecule is Cc1ccc(S(=O)(=O)N2CCCC[C@H]2C(=O)Nc2nc(-c3c[nH]c(C(N)=O)c3)cs2)cc1. The van der Waals surface area contributed by atoms with Crippen molar-refractivity contribution in [1.29, 1.82) is 0 Å². The molecule has 1 aromatic carbocycles. The molecule has 32 heavy (non-hydrogen) atoms. The molecule has 1 aliphatic heterocycles. The molecular formula is C21H23N5O4S2. The molecule has 0 spiro atoms. The number of hydrogen-bond donors (Lipinski definition) is 3. The summed E-state index contributed by atoms with van der Waals surface area (Å²) >= 11 is 1.22. The first-order chi connectivity index (χ1) is 15.3. The summed E-state index contributed by atoms with van der Waals surface area (Å²) in [5.74, 6) is -0.986. The highest BCUT2D eigenvalue weighted by Crippen LogP contribution is 2.29. The van der Waals surface area contributed by atoms with Gasteiger partial charge in [-0.25, -0.2) is 13.4 Å². The van der Waals surface area contributed by atoms with E-state index in [-0.39, 0.29) is 17.1 Å². The molecule has 0 aliphatic carbocycles. The number of aromatic nitrogens is 2. The summed E-state index contributed by atoms with van der Waals surface area (Å²) in [7, 11) is -3.80. The van der Waals surface area contributed by atoms with Crippen LogP contribution in [0.25, 0.3) is 11.3 Å². The van der Waals surface area contributed by atoms with E-state index in [1.54, 1.807) is 41.9 Å². The zero-order valence-electron chi connectivity index (χ0n) is 17.4. The van der Waals surface area contributed by atoms with Crippen molar-refractivity contribution < 1.29 is 18.0 Å². The maximum absolute atomic E-state index is 13.2. The zero-order chi connectivity index (χ0) is 22.9. The number of nitrogens with two attached hydrogens (primary N) is 1. The van der Waals surface area contributed by atoms with Crippen LogP contribution in [0.2, 0.25) is 0 Å². The van der Waals surface area contributed by atoms with E-state index in [2.05, 4.69) is 15.3 Å². The normalized spacial score (nSPS) is 17.2. The van der Waals surface area contributed by atoms with Crippen molar-refractivity contribution in [3.8, 4) is 11.3 Å². The van der Waals surface area contributed by atoms with E-state index in [4.69, 9.17) is 5.73 Å². The van der Waals surface area contributed by atoms with Crippen molar-refractivity contribution in [3.05, 3.63) is 53.2 Å². The van der Waals surface area contributed by atoms with Gasteiger partial charge in [-0.05, 0) is 38.0 Å². The van der Waals surface area contributed by atoms with Crippen molar-refractivity contribution in [3.63, 3.8) is 0 Å². The Hall–Kier alpha value is -3.02. The number of hydrogen-bond acceptors (Lipinski definition) is 6. The van der Waals surface area contributed by atoms with Crippen molar-refractivity contribution in [1.82, 2.24) is 14.3 Å². The van der Waals surface area contributed by atoms with Crippen molar-refractivity contribution in [2.75, 3.05) is 11.9 Å². The van der Waals surface area contributed by atoms with Crippen LogP contribution in [-0.2, 0) is 14.8 Å². The lowest BCUT2D eigenvalue weighted by Gasteiger charge is -2.33. The second-order valence-corrected chi connectivity index (χ2v) is 10.4. The fourth-order valence-electron chi connectivity index (χ4n) is 3.64. The van der Waals surface area contributed by atoms with E-state index >= 15 is 0 Å². The summed E-state index contributed by atoms with van der Waals surface area (Å²) in [6, 6.07) is 7.40. The van der Waals surface area contributed by atoms with Gasteiger partial charge in [0.05, 0.1) is 10.6 Å². The third-order valence-electron chi connectivity index (χ3n) is 5.36. The molecule has 0 saturated carbocycles. The summed E-state index contributed by atoms with van der Waals surface area (Å²) in [5.41, 5.74) is 7.71. The summed E-state index contributed by atoms with van der Waals surface area (Å²) < 4.78 is 27.7. The number of rotatable bonds is 6. The van der Waals surface area contributed by atoms with Crippen LogP contribution in [0, 0.1) is 6.92 Å². The van der Waals surface area contributed by atoms with Crippen LogP contribution in [0.4, 0.5) is 5.13 Å². The first-order valence-corrected chi connectivity index (χ1v) is 12.4. The number of H-pyrrole nitrogens is 1. The number of amides is 2. The second-order valence-electron chi connectivity index (χ2n) is 7.63. The first kappa shape index (κ1) is 22.2. The summed E-state index contributed by atoms with van der Waals surface area (Å²) in [4.78, 5) is 31.6. The van der Waals surface area contributed by atoms with E-state index in [0.29, 0.717) is 29.2 Å². The van der Waals surface area contributed by atoms with Gasteiger partial charge in [0.25, 0.3) is 5.91 Å². The summed E-state index contributed by atoms with van der Waals surface area (Å²) in [5, 5.41) is 4.85. The molecule has 0 unspecified atom stereocenters. The minimum atomic E-state index is -3.80. The fraction of sp³-hybridized carbons (Fsp3) is 0.286. The molecule has 4 N–H and O–H groups in total. The van der Waals surface area contributed by atoms with Gasteiger partial charge in [0.2, 0.25) is 15.9 Å². The molecule has 11 heteroatoms. The molecule has 2 amide bonds. The largest absolute Gasteiger partial charge is 0.364 e. The lowest BCUT2D eigenvalue weighted by Crippen LogP contribution is -2.49. The molecule has 9 nitrogen and oxygen atoms in total. The molecule has 0 bridgehead atoms. The number of sulfonamides is 1. The van der Waals surface area contributed by atoms with E-state index < -0.39 is 27.9 Å². The number of aryl methyl sites for hydroxylation is 1. The predicted octanol–water partition coefficient (Wildman–Crippen LogP) is 2.73. The monoisotopic (exact) mass is 473 g/mol. The van der Waals surface area contributed by atoms with Gasteiger partial charge in [-0.2, -0.15) is 4.31 Å². The topological polar surface area (TPSA) is 138 Å². The van der Waals surface area contributed by atoms with Gasteiger partial charge in [-0.15, -0.1) is 11.3 Å². The van der Waals surface area contributed by atoms with E-state index in [1.807, 2.05) is 6.92 Å². The highest BCUT2D eigenvalue weighted by molar-refractivity contribution is 7.89. The Morgan fingerprint density at radius 2 is 2.00 bits per heavy atom. The molecular weight excluding hydrogens is 450 g/mol. The number of thiazole rings is 1. The van der Waals surface area contributed by atoms with Gasteiger partial charge in [0, 0.05) is 23.7 Å². The lowest BCUT2D eigenvalue weighted by atomic mass is 10.0. The van der Waals surface area contributed by atoms with Crippen molar-refractivity contribution in [2.45, 2.75) is 37.1 Å². The van der Waals surface area contributed by atoms with Crippen LogP contribution in [0.15, 0.2) is 46.8 Å². The molecule has 168 valence electrons. The van der Waals surface area contributed by atoms with Crippen LogP contribution < -0.4 is 11.1 Å². The number of carbonyl (C=O) groups is 2. The Morgan fingerprint density at radius 3 is 2.69 bits per heavy atom. The number of aromatic amines is 1. The highest BCUT2D eigenvalue weighted by atomic mass is 32.2. The predicted molar refractivity (Wildman–Crippen MR) is 122 cm³/mol. The molecule has 1 fully saturated rings. The lowest BCUT2D eigenvalue weighted by molar-refractivity contribution is -0.120. The third-order valence-corrected chi connectivity index (χ3v) is 8.04. The Labute approximate surface area is 189 Å². The van der Waals surface area contributed by atoms with Crippen molar-refractivity contribution in [2.24, 2.45) is 5.73 Å². The van der Waals surface area contributed by atoms with Crippen LogP contribution in [0.5, 0.6) is 0 Å². The number of carbonyl (C=O) groups excluding carboxylic acids is 2. The number of anilines is 1. The minimum absolute atomic E-state index is 0.178. The standard InChI is InChI=1S/C21H23N5O4S2/c1-13-5-7-15(8-6-13)32(29,30)26-9-3-2-4-18(26)20(28)25-21-24-17(12-31-21)14-10-16(19(22)27)23-11-14/h5-8,10-12,18,23H,2-4,9H2,1H3,(H2,22,27)(H,24,25,28)/t18-/m0/s1. The molecule has 1 saturated heterocycles. The van der Waals surface area contributed by atoms with E-state index in [9.17, 15) is 18.0 Å². The Morgan fingerprint density at radius 1 is 1.25 bits per heavy atom. The second kappa shape index (κ2) is 8.85. The Kier molecular flexibility index (Phi) is 6.13. The molecule has 1 aliphatic rings. The molecule has 4 rings (SSSR count). The number of benzene rings is 1. The van der Waals surface area contributed by atoms with Gasteiger partial charge in [-0.3, -0.25) is 9.59 Å². The van der Waals surface area contributed by atoms with E-state index in [0.717, 1.165) is 12.0 Å². The number of nitrogens with zero attached hydrogens (tertiary/aromatic N) is 2. The van der Waals surface area contributed by atoms with Gasteiger partial charge in [-0.1, -0.05) is 24.1 Å². The number of piperidine rings is 1. The molecule has 3 aromatic rings. The van der Waals surface area contributed by atoms with E-state index in [1.165, 1.54) is 15.6 Å². The zero-order valence-corrected chi connectivity index (χ0v) is 19.0. The highest BCUT2D eigenvalue weighted by Gasteiger charge is 2.37. The minimum Gasteiger partial charge on any atom is -0.364 e. The maximum Gasteiger partial charge on any atom is 0.265 e. The fourth-order valence-corrected chi connectivity index (χ4v) is 6.02. The van der Waals surface area contributed by atoms with Crippen molar-refractivity contribution >= 4 is 38.3 Å². The van der Waals surface area contributed by atoms with Gasteiger partial charge in [0.1, 0.15) is 11.7 Å². The Bertz CT molecular complexity index is 1250. The molecule has 2 aromatic heterocycles. The number of nitrogens with one attached hydrogen (secondary N) is 2. The van der Waals surface area contributed by atoms with Crippen LogP contribution in [0.1, 0.15) is 35.3 Å². The van der Waals surface area contributed by atoms with Gasteiger partial charge < -0.3 is 16.0 Å². The first-order valence-electron chi connectivity index (χ1n) is 10.1. The third kappa shape index (κ3) is 4.45. The van der Waals surface area contributed by atoms with Crippen LogP contribution in [-0.4, -0.2) is 47.1 Å². The molecule has 3 heterocycles.